The van der Waals surface area contributed by atoms with Crippen LogP contribution < -0.4 is 10.6 Å². The van der Waals surface area contributed by atoms with Crippen molar-refractivity contribution in [1.82, 2.24) is 10.6 Å². The molecule has 0 aromatic heterocycles. The number of hydrogen-bond acceptors (Lipinski definition) is 5. The van der Waals surface area contributed by atoms with E-state index in [0.717, 1.165) is 0 Å². The van der Waals surface area contributed by atoms with Crippen LogP contribution in [0.2, 0.25) is 0 Å². The molecule has 0 aliphatic carbocycles. The van der Waals surface area contributed by atoms with Crippen LogP contribution >= 0.6 is 0 Å². The molecule has 0 unspecified atom stereocenters. The van der Waals surface area contributed by atoms with Gasteiger partial charge in [0.2, 0.25) is 11.8 Å². The Labute approximate surface area is 179 Å². The van der Waals surface area contributed by atoms with Gasteiger partial charge >= 0.3 is 5.97 Å². The highest BCUT2D eigenvalue weighted by Gasteiger charge is 2.28. The minimum Gasteiger partial charge on any atom is -0.480 e. The summed E-state index contributed by atoms with van der Waals surface area (Å²) in [6.07, 6.45) is -0.442. The lowest BCUT2D eigenvalue weighted by Gasteiger charge is -2.21. The van der Waals surface area contributed by atoms with Crippen molar-refractivity contribution in [2.24, 2.45) is 0 Å². The normalized spacial score (nSPS) is 13.1. The van der Waals surface area contributed by atoms with Crippen molar-refractivity contribution < 1.29 is 32.3 Å². The number of carbonyl (C=O) groups is 3. The van der Waals surface area contributed by atoms with E-state index in [1.807, 2.05) is 0 Å². The predicted molar refractivity (Wildman–Crippen MR) is 110 cm³/mol. The van der Waals surface area contributed by atoms with Crippen LogP contribution in [-0.4, -0.2) is 49.1 Å². The molecular weight excluding hydrogens is 427 g/mol. The monoisotopic (exact) mass is 450 g/mol. The Hall–Kier alpha value is -3.27. The number of carboxylic acid groups (broad SMARTS) is 1. The van der Waals surface area contributed by atoms with E-state index in [9.17, 15) is 32.3 Å². The molecule has 0 aliphatic heterocycles. The molecule has 2 aromatic carbocycles. The van der Waals surface area contributed by atoms with Crippen LogP contribution in [0.3, 0.4) is 0 Å². The Bertz CT molecular complexity index is 1040. The van der Waals surface area contributed by atoms with Crippen molar-refractivity contribution in [2.75, 3.05) is 5.75 Å². The summed E-state index contributed by atoms with van der Waals surface area (Å²) in [5, 5.41) is 14.1. The fraction of sp³-hybridized carbons (Fsp3) is 0.286. The van der Waals surface area contributed by atoms with Crippen molar-refractivity contribution in [2.45, 2.75) is 36.7 Å². The van der Waals surface area contributed by atoms with E-state index in [0.29, 0.717) is 5.56 Å². The molecule has 0 bridgehead atoms. The molecule has 0 heterocycles. The van der Waals surface area contributed by atoms with Gasteiger partial charge in [-0.15, -0.1) is 0 Å². The number of halogens is 1. The highest BCUT2D eigenvalue weighted by atomic mass is 32.2. The maximum atomic E-state index is 13.4. The number of benzene rings is 2. The molecule has 0 spiro atoms. The van der Waals surface area contributed by atoms with E-state index < -0.39 is 51.3 Å². The zero-order chi connectivity index (χ0) is 23.0. The Morgan fingerprint density at radius 3 is 2.26 bits per heavy atom. The topological polar surface area (TPSA) is 130 Å². The highest BCUT2D eigenvalue weighted by Crippen LogP contribution is 2.13. The van der Waals surface area contributed by atoms with Crippen molar-refractivity contribution in [3.8, 4) is 0 Å². The fourth-order valence-corrected chi connectivity index (χ4v) is 4.26. The number of sulfone groups is 1. The van der Waals surface area contributed by atoms with Gasteiger partial charge in [-0.2, -0.15) is 0 Å². The van der Waals surface area contributed by atoms with Crippen LogP contribution in [0.25, 0.3) is 0 Å². The van der Waals surface area contributed by atoms with Gasteiger partial charge in [-0.1, -0.05) is 30.3 Å². The second-order valence-corrected chi connectivity index (χ2v) is 9.02. The third-order valence-corrected chi connectivity index (χ3v) is 6.18. The predicted octanol–water partition coefficient (Wildman–Crippen LogP) is 1.31. The summed E-state index contributed by atoms with van der Waals surface area (Å²) in [7, 11) is -3.74. The lowest BCUT2D eigenvalue weighted by atomic mass is 10.0. The van der Waals surface area contributed by atoms with Gasteiger partial charge in [-0.05, 0) is 36.2 Å². The van der Waals surface area contributed by atoms with Gasteiger partial charge in [0.25, 0.3) is 0 Å². The molecule has 0 saturated carbocycles. The molecule has 3 N–H and O–H groups in total. The zero-order valence-electron chi connectivity index (χ0n) is 16.7. The summed E-state index contributed by atoms with van der Waals surface area (Å²) >= 11 is 0. The molecule has 8 nitrogen and oxygen atoms in total. The molecule has 0 radical (unpaired) electrons. The summed E-state index contributed by atoms with van der Waals surface area (Å²) in [4.78, 5) is 35.8. The maximum Gasteiger partial charge on any atom is 0.326 e. The Morgan fingerprint density at radius 2 is 1.68 bits per heavy atom. The van der Waals surface area contributed by atoms with E-state index in [4.69, 9.17) is 0 Å². The van der Waals surface area contributed by atoms with Gasteiger partial charge < -0.3 is 15.7 Å². The smallest absolute Gasteiger partial charge is 0.326 e. The number of rotatable bonds is 10. The molecule has 2 aromatic rings. The van der Waals surface area contributed by atoms with E-state index >= 15 is 0 Å². The number of carboxylic acids is 1. The Morgan fingerprint density at radius 1 is 1.00 bits per heavy atom. The van der Waals surface area contributed by atoms with Gasteiger partial charge in [0.05, 0.1) is 10.6 Å². The lowest BCUT2D eigenvalue weighted by molar-refractivity contribution is -0.142. The van der Waals surface area contributed by atoms with Gasteiger partial charge in [0, 0.05) is 13.3 Å². The summed E-state index contributed by atoms with van der Waals surface area (Å²) in [6, 6.07) is 10.3. The van der Waals surface area contributed by atoms with Gasteiger partial charge in [-0.3, -0.25) is 9.59 Å². The lowest BCUT2D eigenvalue weighted by Crippen LogP contribution is -2.52. The third kappa shape index (κ3) is 7.49. The standard InChI is InChI=1S/C21H23FN2O6S/c1-14(25)23-19(13-15-6-5-7-16(22)12-15)20(26)24-18(21(27)28)10-11-31(29,30)17-8-3-2-4-9-17/h2-9,12,18-19H,10-11,13H2,1H3,(H,23,25)(H,24,26)(H,27,28)/t18-,19-/m0/s1. The number of carbonyl (C=O) groups excluding carboxylic acids is 2. The largest absolute Gasteiger partial charge is 0.480 e. The first-order chi connectivity index (χ1) is 14.6. The second kappa shape index (κ2) is 10.7. The van der Waals surface area contributed by atoms with Crippen molar-refractivity contribution in [3.05, 3.63) is 66.0 Å². The van der Waals surface area contributed by atoms with Crippen LogP contribution in [0.1, 0.15) is 18.9 Å². The van der Waals surface area contributed by atoms with Crippen LogP contribution in [0.5, 0.6) is 0 Å². The van der Waals surface area contributed by atoms with Crippen LogP contribution in [0, 0.1) is 5.82 Å². The molecular formula is C21H23FN2O6S. The van der Waals surface area contributed by atoms with Crippen molar-refractivity contribution in [1.29, 1.82) is 0 Å². The summed E-state index contributed by atoms with van der Waals surface area (Å²) < 4.78 is 38.2. The summed E-state index contributed by atoms with van der Waals surface area (Å²) in [5.74, 6) is -3.78. The van der Waals surface area contributed by atoms with Gasteiger partial charge in [0.1, 0.15) is 17.9 Å². The van der Waals surface area contributed by atoms with E-state index in [2.05, 4.69) is 10.6 Å². The number of nitrogens with one attached hydrogen (secondary N) is 2. The summed E-state index contributed by atoms with van der Waals surface area (Å²) in [6.45, 7) is 1.19. The Kier molecular flexibility index (Phi) is 8.26. The van der Waals surface area contributed by atoms with E-state index in [-0.39, 0.29) is 17.7 Å². The molecule has 0 saturated heterocycles. The first kappa shape index (κ1) is 24.0. The molecule has 0 fully saturated rings. The van der Waals surface area contributed by atoms with E-state index in [1.165, 1.54) is 37.3 Å². The SMILES string of the molecule is CC(=O)N[C@@H](Cc1cccc(F)c1)C(=O)N[C@@H](CCS(=O)(=O)c1ccccc1)C(=O)O. The average molecular weight is 450 g/mol. The number of hydrogen-bond donors (Lipinski definition) is 3. The molecule has 2 atom stereocenters. The number of aliphatic carboxylic acids is 1. The highest BCUT2D eigenvalue weighted by molar-refractivity contribution is 7.91. The van der Waals surface area contributed by atoms with Gasteiger partial charge in [-0.25, -0.2) is 17.6 Å². The maximum absolute atomic E-state index is 13.4. The minimum absolute atomic E-state index is 0.0488. The van der Waals surface area contributed by atoms with Crippen LogP contribution in [0.15, 0.2) is 59.5 Å². The van der Waals surface area contributed by atoms with Crippen LogP contribution in [0.4, 0.5) is 4.39 Å². The molecule has 2 amide bonds. The molecule has 0 aliphatic rings. The molecule has 10 heteroatoms. The average Bonchev–Trinajstić information content (AvgIpc) is 2.70. The van der Waals surface area contributed by atoms with Crippen molar-refractivity contribution in [3.63, 3.8) is 0 Å². The van der Waals surface area contributed by atoms with E-state index in [1.54, 1.807) is 24.3 Å². The van der Waals surface area contributed by atoms with Gasteiger partial charge in [0.15, 0.2) is 9.84 Å². The zero-order valence-corrected chi connectivity index (χ0v) is 17.6. The summed E-state index contributed by atoms with van der Waals surface area (Å²) in [5.41, 5.74) is 0.424. The minimum atomic E-state index is -3.74. The first-order valence-corrected chi connectivity index (χ1v) is 11.1. The molecule has 2 rings (SSSR count). The first-order valence-electron chi connectivity index (χ1n) is 9.41. The molecule has 31 heavy (non-hydrogen) atoms. The fourth-order valence-electron chi connectivity index (χ4n) is 2.90. The molecule has 166 valence electrons. The second-order valence-electron chi connectivity index (χ2n) is 6.91. The third-order valence-electron chi connectivity index (χ3n) is 4.42. The Balaban J connectivity index is 2.10. The van der Waals surface area contributed by atoms with Crippen LogP contribution in [-0.2, 0) is 30.6 Å². The van der Waals surface area contributed by atoms with Crippen molar-refractivity contribution >= 4 is 27.6 Å². The number of amides is 2. The quantitative estimate of drug-likeness (QED) is 0.500.